The van der Waals surface area contributed by atoms with Crippen molar-refractivity contribution in [3.63, 3.8) is 0 Å². The fourth-order valence-corrected chi connectivity index (χ4v) is 1.93. The molecule has 0 aromatic heterocycles. The van der Waals surface area contributed by atoms with E-state index in [1.165, 1.54) is 4.90 Å². The molecule has 4 heteroatoms. The van der Waals surface area contributed by atoms with Gasteiger partial charge in [-0.25, -0.2) is 0 Å². The zero-order valence-corrected chi connectivity index (χ0v) is 10.4. The summed E-state index contributed by atoms with van der Waals surface area (Å²) in [6, 6.07) is 9.95. The van der Waals surface area contributed by atoms with Gasteiger partial charge < -0.3 is 0 Å². The third-order valence-electron chi connectivity index (χ3n) is 3.03. The summed E-state index contributed by atoms with van der Waals surface area (Å²) in [6.07, 6.45) is 2.32. The minimum atomic E-state index is -0.0983. The van der Waals surface area contributed by atoms with E-state index in [-0.39, 0.29) is 24.4 Å². The number of rotatable bonds is 4. The summed E-state index contributed by atoms with van der Waals surface area (Å²) in [7, 11) is 0. The van der Waals surface area contributed by atoms with Crippen LogP contribution < -0.4 is 0 Å². The molecular weight excluding hydrogens is 228 g/mol. The monoisotopic (exact) mass is 244 g/mol. The zero-order valence-electron chi connectivity index (χ0n) is 10.4. The van der Waals surface area contributed by atoms with Crippen LogP contribution >= 0.6 is 0 Å². The first-order valence-corrected chi connectivity index (χ1v) is 6.08. The molecule has 1 aromatic rings. The van der Waals surface area contributed by atoms with Crippen molar-refractivity contribution in [1.82, 2.24) is 4.90 Å². The number of carbonyl (C=O) groups excluding carboxylic acids is 2. The summed E-state index contributed by atoms with van der Waals surface area (Å²) in [4.78, 5) is 28.4. The molecule has 1 fully saturated rings. The molecule has 0 saturated carbocycles. The molecule has 0 bridgehead atoms. The zero-order chi connectivity index (χ0) is 13.0. The van der Waals surface area contributed by atoms with Gasteiger partial charge in [0, 0.05) is 19.1 Å². The molecule has 1 aromatic carbocycles. The Morgan fingerprint density at radius 2 is 1.83 bits per heavy atom. The number of hydrogen-bond donors (Lipinski definition) is 0. The summed E-state index contributed by atoms with van der Waals surface area (Å²) in [6.45, 7) is 2.27. The van der Waals surface area contributed by atoms with Gasteiger partial charge >= 0.3 is 0 Å². The predicted octanol–water partition coefficient (Wildman–Crippen LogP) is 1.97. The van der Waals surface area contributed by atoms with Crippen LogP contribution in [0.5, 0.6) is 0 Å². The largest absolute Gasteiger partial charge is 0.288 e. The molecule has 1 aliphatic rings. The maximum Gasteiger partial charge on any atom is 0.230 e. The summed E-state index contributed by atoms with van der Waals surface area (Å²) in [5, 5.41) is 0. The average Bonchev–Trinajstić information content (AvgIpc) is 2.71. The first kappa shape index (κ1) is 12.5. The standard InChI is InChI=1S/C14H16N2O2/c1-11(12-5-3-2-4-6-12)15-9-10-16-13(17)7-8-14(16)18/h2-6,9,11H,7-8,10H2,1H3/t11-/m0/s1. The van der Waals surface area contributed by atoms with Crippen LogP contribution in [0.25, 0.3) is 0 Å². The molecule has 1 heterocycles. The van der Waals surface area contributed by atoms with Crippen molar-refractivity contribution in [2.45, 2.75) is 25.8 Å². The Labute approximate surface area is 106 Å². The van der Waals surface area contributed by atoms with E-state index in [0.29, 0.717) is 12.8 Å². The van der Waals surface area contributed by atoms with Gasteiger partial charge in [-0.1, -0.05) is 30.3 Å². The number of imide groups is 1. The highest BCUT2D eigenvalue weighted by Crippen LogP contribution is 2.15. The molecular formula is C14H16N2O2. The summed E-state index contributed by atoms with van der Waals surface area (Å²) in [5.74, 6) is -0.197. The SMILES string of the molecule is C[C@H](N=CCN1C(=O)CCC1=O)c1ccccc1. The topological polar surface area (TPSA) is 49.7 Å². The lowest BCUT2D eigenvalue weighted by molar-refractivity contribution is -0.137. The van der Waals surface area contributed by atoms with Crippen molar-refractivity contribution >= 4 is 18.0 Å². The van der Waals surface area contributed by atoms with E-state index in [1.807, 2.05) is 37.3 Å². The molecule has 4 nitrogen and oxygen atoms in total. The Morgan fingerprint density at radius 1 is 1.22 bits per heavy atom. The quantitative estimate of drug-likeness (QED) is 0.600. The van der Waals surface area contributed by atoms with E-state index in [9.17, 15) is 9.59 Å². The third-order valence-corrected chi connectivity index (χ3v) is 3.03. The Bertz CT molecular complexity index is 452. The van der Waals surface area contributed by atoms with Gasteiger partial charge in [-0.15, -0.1) is 0 Å². The molecule has 0 spiro atoms. The smallest absolute Gasteiger partial charge is 0.230 e. The summed E-state index contributed by atoms with van der Waals surface area (Å²) in [5.41, 5.74) is 1.12. The Balaban J connectivity index is 1.92. The van der Waals surface area contributed by atoms with Crippen molar-refractivity contribution in [3.05, 3.63) is 35.9 Å². The molecule has 0 N–H and O–H groups in total. The lowest BCUT2D eigenvalue weighted by Crippen LogP contribution is -2.30. The van der Waals surface area contributed by atoms with Gasteiger partial charge in [0.05, 0.1) is 12.6 Å². The highest BCUT2D eigenvalue weighted by atomic mass is 16.2. The van der Waals surface area contributed by atoms with E-state index < -0.39 is 0 Å². The highest BCUT2D eigenvalue weighted by molar-refractivity contribution is 6.03. The van der Waals surface area contributed by atoms with Crippen LogP contribution in [0.1, 0.15) is 31.4 Å². The third kappa shape index (κ3) is 2.83. The minimum absolute atomic E-state index is 0.0407. The van der Waals surface area contributed by atoms with Crippen LogP contribution in [0, 0.1) is 0 Å². The summed E-state index contributed by atoms with van der Waals surface area (Å²) >= 11 is 0. The second-order valence-corrected chi connectivity index (χ2v) is 4.32. The summed E-state index contributed by atoms with van der Waals surface area (Å²) < 4.78 is 0. The second kappa shape index (κ2) is 5.58. The number of likely N-dealkylation sites (tertiary alicyclic amines) is 1. The number of nitrogens with zero attached hydrogens (tertiary/aromatic N) is 2. The first-order chi connectivity index (χ1) is 8.68. The van der Waals surface area contributed by atoms with E-state index in [4.69, 9.17) is 0 Å². The van der Waals surface area contributed by atoms with Crippen LogP contribution in [-0.4, -0.2) is 29.5 Å². The van der Waals surface area contributed by atoms with Crippen molar-refractivity contribution in [3.8, 4) is 0 Å². The molecule has 1 atom stereocenters. The van der Waals surface area contributed by atoms with Gasteiger partial charge in [0.25, 0.3) is 0 Å². The Kier molecular flexibility index (Phi) is 3.87. The van der Waals surface area contributed by atoms with Gasteiger partial charge in [-0.3, -0.25) is 19.5 Å². The molecule has 1 saturated heterocycles. The number of carbonyl (C=O) groups is 2. The van der Waals surface area contributed by atoms with Crippen LogP contribution in [0.3, 0.4) is 0 Å². The van der Waals surface area contributed by atoms with Crippen LogP contribution in [0.4, 0.5) is 0 Å². The second-order valence-electron chi connectivity index (χ2n) is 4.32. The maximum absolute atomic E-state index is 11.4. The highest BCUT2D eigenvalue weighted by Gasteiger charge is 2.27. The normalized spacial score (nSPS) is 17.7. The van der Waals surface area contributed by atoms with Crippen LogP contribution in [0.2, 0.25) is 0 Å². The molecule has 18 heavy (non-hydrogen) atoms. The lowest BCUT2D eigenvalue weighted by Gasteiger charge is -2.11. The Hall–Kier alpha value is -1.97. The molecule has 94 valence electrons. The fourth-order valence-electron chi connectivity index (χ4n) is 1.93. The lowest BCUT2D eigenvalue weighted by atomic mass is 10.1. The number of amides is 2. The van der Waals surface area contributed by atoms with Gasteiger partial charge in [0.15, 0.2) is 0 Å². The molecule has 2 amide bonds. The van der Waals surface area contributed by atoms with Gasteiger partial charge in [-0.05, 0) is 12.5 Å². The van der Waals surface area contributed by atoms with Crippen molar-refractivity contribution in [1.29, 1.82) is 0 Å². The number of benzene rings is 1. The molecule has 2 rings (SSSR count). The predicted molar refractivity (Wildman–Crippen MR) is 69.3 cm³/mol. The van der Waals surface area contributed by atoms with Crippen LogP contribution in [0.15, 0.2) is 35.3 Å². The van der Waals surface area contributed by atoms with Crippen molar-refractivity contribution < 1.29 is 9.59 Å². The van der Waals surface area contributed by atoms with Crippen LogP contribution in [-0.2, 0) is 9.59 Å². The van der Waals surface area contributed by atoms with Gasteiger partial charge in [-0.2, -0.15) is 0 Å². The molecule has 0 unspecified atom stereocenters. The van der Waals surface area contributed by atoms with Crippen molar-refractivity contribution in [2.24, 2.45) is 4.99 Å². The number of aliphatic imine (C=N–C) groups is 1. The van der Waals surface area contributed by atoms with Crippen molar-refractivity contribution in [2.75, 3.05) is 6.54 Å². The maximum atomic E-state index is 11.4. The molecule has 0 radical (unpaired) electrons. The number of hydrogen-bond acceptors (Lipinski definition) is 3. The van der Waals surface area contributed by atoms with E-state index in [0.717, 1.165) is 5.56 Å². The average molecular weight is 244 g/mol. The first-order valence-electron chi connectivity index (χ1n) is 6.08. The Morgan fingerprint density at radius 3 is 2.44 bits per heavy atom. The minimum Gasteiger partial charge on any atom is -0.288 e. The van der Waals surface area contributed by atoms with E-state index in [1.54, 1.807) is 6.21 Å². The molecule has 1 aliphatic heterocycles. The van der Waals surface area contributed by atoms with E-state index in [2.05, 4.69) is 4.99 Å². The van der Waals surface area contributed by atoms with Gasteiger partial charge in [0.1, 0.15) is 0 Å². The fraction of sp³-hybridized carbons (Fsp3) is 0.357. The van der Waals surface area contributed by atoms with E-state index >= 15 is 0 Å². The van der Waals surface area contributed by atoms with Gasteiger partial charge in [0.2, 0.25) is 11.8 Å². The molecule has 0 aliphatic carbocycles.